The summed E-state index contributed by atoms with van der Waals surface area (Å²) in [7, 11) is 0. The Kier molecular flexibility index (Phi) is 9.44. The molecule has 0 aliphatic heterocycles. The number of hydrogen-bond acceptors (Lipinski definition) is 6. The molecule has 0 spiro atoms. The van der Waals surface area contributed by atoms with Gasteiger partial charge in [-0.15, -0.1) is 0 Å². The van der Waals surface area contributed by atoms with Gasteiger partial charge < -0.3 is 9.47 Å². The van der Waals surface area contributed by atoms with E-state index in [1.807, 2.05) is 60.7 Å². The van der Waals surface area contributed by atoms with Crippen molar-refractivity contribution in [3.05, 3.63) is 95.2 Å². The molecule has 0 saturated carbocycles. The molecule has 0 aliphatic rings. The van der Waals surface area contributed by atoms with E-state index in [0.717, 1.165) is 27.3 Å². The molecule has 8 heteroatoms. The van der Waals surface area contributed by atoms with Gasteiger partial charge in [0.1, 0.15) is 11.2 Å². The van der Waals surface area contributed by atoms with Gasteiger partial charge in [0.05, 0.1) is 12.3 Å². The van der Waals surface area contributed by atoms with Gasteiger partial charge in [0.15, 0.2) is 5.82 Å². The number of benzene rings is 2. The van der Waals surface area contributed by atoms with E-state index in [-0.39, 0.29) is 6.54 Å². The quantitative estimate of drug-likeness (QED) is 0.219. The highest BCUT2D eigenvalue weighted by Crippen LogP contribution is 2.27. The molecule has 0 bridgehead atoms. The van der Waals surface area contributed by atoms with Crippen molar-refractivity contribution in [2.45, 2.75) is 64.6 Å². The number of imide groups is 1. The van der Waals surface area contributed by atoms with E-state index in [4.69, 9.17) is 14.5 Å². The highest BCUT2D eigenvalue weighted by Gasteiger charge is 2.32. The Balaban J connectivity index is 2.08. The molecule has 200 valence electrons. The van der Waals surface area contributed by atoms with Crippen LogP contribution in [-0.2, 0) is 21.3 Å². The molecule has 7 nitrogen and oxygen atoms in total. The smallest absolute Gasteiger partial charge is 0.420 e. The van der Waals surface area contributed by atoms with E-state index in [1.54, 1.807) is 53.8 Å². The first kappa shape index (κ1) is 29.0. The Hall–Kier alpha value is -3.52. The molecule has 0 atom stereocenters. The van der Waals surface area contributed by atoms with Crippen LogP contribution in [0, 0.1) is 0 Å². The summed E-state index contributed by atoms with van der Waals surface area (Å²) >= 11 is 3.56. The lowest BCUT2D eigenvalue weighted by molar-refractivity contribution is -0.000278. The monoisotopic (exact) mass is 579 g/mol. The number of ether oxygens (including phenoxy) is 2. The van der Waals surface area contributed by atoms with Crippen LogP contribution in [0.3, 0.4) is 0 Å². The number of rotatable bonds is 6. The van der Waals surface area contributed by atoms with E-state index in [0.29, 0.717) is 16.7 Å². The summed E-state index contributed by atoms with van der Waals surface area (Å²) in [6.07, 6.45) is 0.0443. The van der Waals surface area contributed by atoms with Crippen LogP contribution in [0.25, 0.3) is 0 Å². The van der Waals surface area contributed by atoms with Crippen LogP contribution in [0.1, 0.15) is 63.8 Å². The van der Waals surface area contributed by atoms with Crippen molar-refractivity contribution >= 4 is 39.6 Å². The Bertz CT molecular complexity index is 1210. The van der Waals surface area contributed by atoms with Gasteiger partial charge in [0, 0.05) is 28.2 Å². The molecule has 1 heterocycles. The first-order chi connectivity index (χ1) is 17.9. The van der Waals surface area contributed by atoms with Crippen LogP contribution in [0.4, 0.5) is 15.4 Å². The second-order valence-corrected chi connectivity index (χ2v) is 11.2. The predicted molar refractivity (Wildman–Crippen MR) is 153 cm³/mol. The fourth-order valence-corrected chi connectivity index (χ4v) is 4.12. The van der Waals surface area contributed by atoms with Gasteiger partial charge in [-0.1, -0.05) is 76.6 Å². The minimum Gasteiger partial charge on any atom is -0.443 e. The van der Waals surface area contributed by atoms with Gasteiger partial charge in [-0.05, 0) is 53.2 Å². The summed E-state index contributed by atoms with van der Waals surface area (Å²) in [6.45, 7) is 10.4. The minimum absolute atomic E-state index is 0.0677. The van der Waals surface area contributed by atoms with Crippen LogP contribution in [-0.4, -0.2) is 39.0 Å². The largest absolute Gasteiger partial charge is 0.443 e. The number of alkyl halides is 1. The van der Waals surface area contributed by atoms with E-state index in [9.17, 15) is 9.59 Å². The average Bonchev–Trinajstić information content (AvgIpc) is 2.84. The molecule has 0 fully saturated rings. The first-order valence-corrected chi connectivity index (χ1v) is 13.5. The standard InChI is InChI=1S/C30H34BrN3O4/c1-29(2,3)37-27(35)34(28(36)38-30(4,5)6)20-23-17-18-32-26(24(23)19-31)33-25(21-13-9-7-10-14-21)22-15-11-8-12-16-22/h7-18H,19-20H2,1-6H3. The van der Waals surface area contributed by atoms with Crippen molar-refractivity contribution in [3.63, 3.8) is 0 Å². The molecule has 0 radical (unpaired) electrons. The lowest BCUT2D eigenvalue weighted by atomic mass is 10.0. The summed E-state index contributed by atoms with van der Waals surface area (Å²) in [5.41, 5.74) is 2.50. The van der Waals surface area contributed by atoms with E-state index in [2.05, 4.69) is 20.9 Å². The number of carbonyl (C=O) groups is 2. The van der Waals surface area contributed by atoms with Crippen molar-refractivity contribution in [3.8, 4) is 0 Å². The van der Waals surface area contributed by atoms with E-state index in [1.165, 1.54) is 0 Å². The zero-order valence-corrected chi connectivity index (χ0v) is 24.3. The number of pyridine rings is 1. The topological polar surface area (TPSA) is 81.1 Å². The van der Waals surface area contributed by atoms with Crippen molar-refractivity contribution in [2.75, 3.05) is 0 Å². The zero-order chi connectivity index (χ0) is 27.9. The maximum absolute atomic E-state index is 13.1. The van der Waals surface area contributed by atoms with Crippen LogP contribution < -0.4 is 0 Å². The molecule has 0 aliphatic carbocycles. The Morgan fingerprint density at radius 2 is 1.29 bits per heavy atom. The van der Waals surface area contributed by atoms with Crippen LogP contribution in [0.5, 0.6) is 0 Å². The Labute approximate surface area is 233 Å². The van der Waals surface area contributed by atoms with E-state index < -0.39 is 23.4 Å². The summed E-state index contributed by atoms with van der Waals surface area (Å²) < 4.78 is 11.0. The molecule has 0 unspecified atom stereocenters. The van der Waals surface area contributed by atoms with Gasteiger partial charge in [0.2, 0.25) is 0 Å². The molecule has 2 amide bonds. The first-order valence-electron chi connectivity index (χ1n) is 12.3. The van der Waals surface area contributed by atoms with Crippen molar-refractivity contribution in [1.82, 2.24) is 9.88 Å². The van der Waals surface area contributed by atoms with Gasteiger partial charge in [-0.25, -0.2) is 24.5 Å². The van der Waals surface area contributed by atoms with Crippen LogP contribution >= 0.6 is 15.9 Å². The SMILES string of the molecule is CC(C)(C)OC(=O)N(Cc1ccnc(N=C(c2ccccc2)c2ccccc2)c1CBr)C(=O)OC(C)(C)C. The average molecular weight is 581 g/mol. The number of halogens is 1. The van der Waals surface area contributed by atoms with Gasteiger partial charge in [-0.2, -0.15) is 0 Å². The lowest BCUT2D eigenvalue weighted by Crippen LogP contribution is -2.43. The van der Waals surface area contributed by atoms with Gasteiger partial charge in [0.25, 0.3) is 0 Å². The summed E-state index contributed by atoms with van der Waals surface area (Å²) in [4.78, 5) is 36.6. The normalized spacial score (nSPS) is 11.4. The zero-order valence-electron chi connectivity index (χ0n) is 22.7. The predicted octanol–water partition coefficient (Wildman–Crippen LogP) is 7.82. The highest BCUT2D eigenvalue weighted by molar-refractivity contribution is 9.08. The molecule has 1 aromatic heterocycles. The molecule has 2 aromatic carbocycles. The lowest BCUT2D eigenvalue weighted by Gasteiger charge is -2.29. The third-order valence-corrected chi connectivity index (χ3v) is 5.69. The molecule has 0 N–H and O–H groups in total. The van der Waals surface area contributed by atoms with Crippen LogP contribution in [0.15, 0.2) is 77.9 Å². The number of aromatic nitrogens is 1. The second kappa shape index (κ2) is 12.3. The molecular weight excluding hydrogens is 546 g/mol. The van der Waals surface area contributed by atoms with Gasteiger partial charge >= 0.3 is 12.2 Å². The van der Waals surface area contributed by atoms with Crippen molar-refractivity contribution in [1.29, 1.82) is 0 Å². The number of carbonyl (C=O) groups excluding carboxylic acids is 2. The highest BCUT2D eigenvalue weighted by atomic mass is 79.9. The fraction of sp³-hybridized carbons (Fsp3) is 0.333. The minimum atomic E-state index is -0.789. The Morgan fingerprint density at radius 3 is 1.71 bits per heavy atom. The van der Waals surface area contributed by atoms with E-state index >= 15 is 0 Å². The summed E-state index contributed by atoms with van der Waals surface area (Å²) in [6, 6.07) is 21.5. The molecule has 0 saturated heterocycles. The Morgan fingerprint density at radius 1 is 0.816 bits per heavy atom. The number of amides is 2. The maximum Gasteiger partial charge on any atom is 0.420 e. The number of nitrogens with zero attached hydrogens (tertiary/aromatic N) is 3. The van der Waals surface area contributed by atoms with Gasteiger partial charge in [-0.3, -0.25) is 0 Å². The molecular formula is C30H34BrN3O4. The third kappa shape index (κ3) is 8.25. The second-order valence-electron chi connectivity index (χ2n) is 10.6. The summed E-state index contributed by atoms with van der Waals surface area (Å²) in [5.74, 6) is 0.482. The molecule has 3 aromatic rings. The van der Waals surface area contributed by atoms with Crippen LogP contribution in [0.2, 0.25) is 0 Å². The van der Waals surface area contributed by atoms with Crippen molar-refractivity contribution in [2.24, 2.45) is 4.99 Å². The third-order valence-electron chi connectivity index (χ3n) is 5.13. The number of hydrogen-bond donors (Lipinski definition) is 0. The van der Waals surface area contributed by atoms with Crippen molar-refractivity contribution < 1.29 is 19.1 Å². The summed E-state index contributed by atoms with van der Waals surface area (Å²) in [5, 5.41) is 0.405. The molecule has 38 heavy (non-hydrogen) atoms. The number of aliphatic imine (C=N–C) groups is 1. The maximum atomic E-state index is 13.1. The molecule has 3 rings (SSSR count). The fourth-order valence-electron chi connectivity index (χ4n) is 3.51.